The van der Waals surface area contributed by atoms with E-state index in [1.165, 1.54) is 11.1 Å². The highest BCUT2D eigenvalue weighted by Gasteiger charge is 2.23. The zero-order valence-electron chi connectivity index (χ0n) is 8.30. The summed E-state index contributed by atoms with van der Waals surface area (Å²) in [6.07, 6.45) is 0. The van der Waals surface area contributed by atoms with Gasteiger partial charge < -0.3 is 0 Å². The van der Waals surface area contributed by atoms with Gasteiger partial charge in [-0.1, -0.05) is 60.7 Å². The van der Waals surface area contributed by atoms with Gasteiger partial charge in [0.15, 0.2) is 0 Å². The molecule has 15 heavy (non-hydrogen) atoms. The maximum atomic E-state index is 4.73. The molecule has 0 heterocycles. The molecular weight excluding hydrogens is 219 g/mol. The van der Waals surface area contributed by atoms with Gasteiger partial charge in [0.2, 0.25) is 0 Å². The van der Waals surface area contributed by atoms with Gasteiger partial charge in [0.25, 0.3) is 0 Å². The number of benzene rings is 2. The highest BCUT2D eigenvalue weighted by Crippen LogP contribution is 2.41. The first kappa shape index (κ1) is 10.7. The summed E-state index contributed by atoms with van der Waals surface area (Å²) in [5.41, 5.74) is 2.37. The summed E-state index contributed by atoms with van der Waals surface area (Å²) in [6.45, 7) is 0. The minimum atomic E-state index is -0.303. The van der Waals surface area contributed by atoms with Crippen LogP contribution in [0.25, 0.3) is 0 Å². The largest absolute Gasteiger partial charge is 0.159 e. The lowest BCUT2D eigenvalue weighted by atomic mass is 10.0. The maximum absolute atomic E-state index is 4.73. The Hall–Kier alpha value is -0.780. The maximum Gasteiger partial charge on any atom is 0.0764 e. The topological polar surface area (TPSA) is 0 Å². The van der Waals surface area contributed by atoms with Crippen LogP contribution >= 0.6 is 21.9 Å². The molecule has 0 saturated carbocycles. The predicted octanol–water partition coefficient (Wildman–Crippen LogP) is 3.69. The molecule has 1 unspecified atom stereocenters. The second-order valence-electron chi connectivity index (χ2n) is 3.50. The van der Waals surface area contributed by atoms with Crippen molar-refractivity contribution in [2.24, 2.45) is 0 Å². The lowest BCUT2D eigenvalue weighted by Gasteiger charge is -2.24. The fourth-order valence-corrected chi connectivity index (χ4v) is 2.23. The standard InChI is InChI=1S/C13H13PS/c14-13(15,11-7-3-1-4-8-11)12-9-5-2-6-10-12/h1-10,15H,14H2. The number of hydrogen-bond acceptors (Lipinski definition) is 1. The molecular formula is C13H13PS. The van der Waals surface area contributed by atoms with Gasteiger partial charge in [0, 0.05) is 0 Å². The molecule has 1 atom stereocenters. The lowest BCUT2D eigenvalue weighted by molar-refractivity contribution is 1.08. The molecule has 0 fully saturated rings. The van der Waals surface area contributed by atoms with Gasteiger partial charge in [0.1, 0.15) is 0 Å². The molecule has 2 rings (SSSR count). The Morgan fingerprint density at radius 3 is 1.40 bits per heavy atom. The van der Waals surface area contributed by atoms with Gasteiger partial charge in [0.05, 0.1) is 4.49 Å². The third-order valence-electron chi connectivity index (χ3n) is 2.43. The molecule has 0 radical (unpaired) electrons. The number of rotatable bonds is 2. The van der Waals surface area contributed by atoms with Crippen LogP contribution in [0, 0.1) is 0 Å². The van der Waals surface area contributed by atoms with Crippen LogP contribution in [-0.4, -0.2) is 0 Å². The summed E-state index contributed by atoms with van der Waals surface area (Å²) in [4.78, 5) is 0. The first-order chi connectivity index (χ1) is 7.21. The summed E-state index contributed by atoms with van der Waals surface area (Å²) < 4.78 is -0.303. The van der Waals surface area contributed by atoms with Crippen molar-refractivity contribution in [1.29, 1.82) is 0 Å². The molecule has 0 saturated heterocycles. The van der Waals surface area contributed by atoms with E-state index in [9.17, 15) is 0 Å². The fourth-order valence-electron chi connectivity index (χ4n) is 1.55. The molecule has 0 spiro atoms. The van der Waals surface area contributed by atoms with Crippen molar-refractivity contribution in [2.45, 2.75) is 4.49 Å². The molecule has 0 aromatic heterocycles. The third-order valence-corrected chi connectivity index (χ3v) is 3.61. The van der Waals surface area contributed by atoms with Crippen molar-refractivity contribution in [2.75, 3.05) is 0 Å². The van der Waals surface area contributed by atoms with Gasteiger partial charge in [-0.25, -0.2) is 0 Å². The first-order valence-corrected chi connectivity index (χ1v) is 5.86. The summed E-state index contributed by atoms with van der Waals surface area (Å²) >= 11 is 4.73. The predicted molar refractivity (Wildman–Crippen MR) is 72.4 cm³/mol. The van der Waals surface area contributed by atoms with E-state index in [4.69, 9.17) is 12.6 Å². The third kappa shape index (κ3) is 2.25. The highest BCUT2D eigenvalue weighted by atomic mass is 32.1. The van der Waals surface area contributed by atoms with E-state index in [0.29, 0.717) is 0 Å². The fraction of sp³-hybridized carbons (Fsp3) is 0.0769. The SMILES string of the molecule is PC(S)(c1ccccc1)c1ccccc1. The Balaban J connectivity index is 2.44. The monoisotopic (exact) mass is 232 g/mol. The normalized spacial score (nSPS) is 11.3. The quantitative estimate of drug-likeness (QED) is 0.592. The second kappa shape index (κ2) is 4.38. The van der Waals surface area contributed by atoms with Gasteiger partial charge >= 0.3 is 0 Å². The summed E-state index contributed by atoms with van der Waals surface area (Å²) in [5.74, 6) is 0. The second-order valence-corrected chi connectivity index (χ2v) is 5.56. The smallest absolute Gasteiger partial charge is 0.0764 e. The van der Waals surface area contributed by atoms with E-state index in [1.807, 2.05) is 36.4 Å². The van der Waals surface area contributed by atoms with Gasteiger partial charge in [-0.2, -0.15) is 12.6 Å². The highest BCUT2D eigenvalue weighted by molar-refractivity contribution is 7.86. The minimum Gasteiger partial charge on any atom is -0.159 e. The lowest BCUT2D eigenvalue weighted by Crippen LogP contribution is -2.10. The van der Waals surface area contributed by atoms with E-state index in [-0.39, 0.29) is 4.49 Å². The van der Waals surface area contributed by atoms with Crippen LogP contribution in [0.3, 0.4) is 0 Å². The van der Waals surface area contributed by atoms with Crippen LogP contribution in [0.4, 0.5) is 0 Å². The van der Waals surface area contributed by atoms with E-state index >= 15 is 0 Å². The minimum absolute atomic E-state index is 0.303. The summed E-state index contributed by atoms with van der Waals surface area (Å²) in [7, 11) is 2.81. The van der Waals surface area contributed by atoms with Crippen molar-refractivity contribution in [3.05, 3.63) is 71.8 Å². The first-order valence-electron chi connectivity index (χ1n) is 4.83. The molecule has 0 nitrogen and oxygen atoms in total. The summed E-state index contributed by atoms with van der Waals surface area (Å²) in [5, 5.41) is 0. The Labute approximate surface area is 98.3 Å². The summed E-state index contributed by atoms with van der Waals surface area (Å²) in [6, 6.07) is 20.5. The molecule has 76 valence electrons. The molecule has 2 aromatic carbocycles. The molecule has 0 amide bonds. The Morgan fingerprint density at radius 1 is 0.733 bits per heavy atom. The van der Waals surface area contributed by atoms with Crippen LogP contribution in [0.2, 0.25) is 0 Å². The van der Waals surface area contributed by atoms with Gasteiger partial charge in [-0.15, -0.1) is 9.24 Å². The van der Waals surface area contributed by atoms with Crippen molar-refractivity contribution >= 4 is 21.9 Å². The number of hydrogen-bond donors (Lipinski definition) is 1. The van der Waals surface area contributed by atoms with Crippen LogP contribution in [0.5, 0.6) is 0 Å². The molecule has 0 aliphatic heterocycles. The zero-order valence-corrected chi connectivity index (χ0v) is 10.3. The van der Waals surface area contributed by atoms with E-state index in [1.54, 1.807) is 0 Å². The molecule has 0 N–H and O–H groups in total. The van der Waals surface area contributed by atoms with Crippen molar-refractivity contribution in [3.8, 4) is 0 Å². The van der Waals surface area contributed by atoms with Gasteiger partial charge in [-0.3, -0.25) is 0 Å². The van der Waals surface area contributed by atoms with Crippen LogP contribution in [0.15, 0.2) is 60.7 Å². The van der Waals surface area contributed by atoms with E-state index in [0.717, 1.165) is 0 Å². The van der Waals surface area contributed by atoms with Crippen LogP contribution in [0.1, 0.15) is 11.1 Å². The molecule has 0 aliphatic rings. The van der Waals surface area contributed by atoms with E-state index < -0.39 is 0 Å². The van der Waals surface area contributed by atoms with E-state index in [2.05, 4.69) is 33.5 Å². The zero-order chi connectivity index (χ0) is 10.7. The molecule has 0 bridgehead atoms. The van der Waals surface area contributed by atoms with Gasteiger partial charge in [-0.05, 0) is 11.1 Å². The Morgan fingerprint density at radius 2 is 1.07 bits per heavy atom. The Kier molecular flexibility index (Phi) is 3.14. The number of thiol groups is 1. The average molecular weight is 232 g/mol. The molecule has 0 aliphatic carbocycles. The van der Waals surface area contributed by atoms with Crippen LogP contribution < -0.4 is 0 Å². The molecule has 2 heteroatoms. The average Bonchev–Trinajstić information content (AvgIpc) is 2.31. The molecule has 2 aromatic rings. The Bertz CT molecular complexity index is 381. The van der Waals surface area contributed by atoms with Crippen molar-refractivity contribution in [1.82, 2.24) is 0 Å². The van der Waals surface area contributed by atoms with Crippen molar-refractivity contribution < 1.29 is 0 Å². The van der Waals surface area contributed by atoms with Crippen molar-refractivity contribution in [3.63, 3.8) is 0 Å². The van der Waals surface area contributed by atoms with Crippen LogP contribution in [-0.2, 0) is 4.49 Å².